The van der Waals surface area contributed by atoms with Crippen LogP contribution in [0.2, 0.25) is 0 Å². The first-order chi connectivity index (χ1) is 15.2. The van der Waals surface area contributed by atoms with Crippen molar-refractivity contribution >= 4 is 11.5 Å². The molecule has 0 amide bonds. The van der Waals surface area contributed by atoms with Gasteiger partial charge in [0.25, 0.3) is 0 Å². The maximum Gasteiger partial charge on any atom is 0.218 e. The van der Waals surface area contributed by atoms with Crippen molar-refractivity contribution in [2.75, 3.05) is 18.6 Å². The largest absolute Gasteiger partial charge is 0.481 e. The molecule has 9 nitrogen and oxygen atoms in total. The van der Waals surface area contributed by atoms with Gasteiger partial charge >= 0.3 is 0 Å². The van der Waals surface area contributed by atoms with Crippen LogP contribution in [0.25, 0.3) is 17.0 Å². The fourth-order valence-electron chi connectivity index (χ4n) is 4.03. The highest BCUT2D eigenvalue weighted by atomic mass is 19.1. The van der Waals surface area contributed by atoms with Crippen molar-refractivity contribution in [2.45, 2.75) is 25.5 Å². The SMILES string of the molecule is COc1ncc(F)cc1[C@H]1CCCN1c1ccc2ncc(-c3cc(CO)cnn3)n2n1. The van der Waals surface area contributed by atoms with Gasteiger partial charge in [0, 0.05) is 12.1 Å². The zero-order valence-electron chi connectivity index (χ0n) is 16.8. The maximum absolute atomic E-state index is 13.9. The zero-order chi connectivity index (χ0) is 21.4. The van der Waals surface area contributed by atoms with Crippen LogP contribution in [0, 0.1) is 5.82 Å². The summed E-state index contributed by atoms with van der Waals surface area (Å²) in [7, 11) is 1.53. The number of methoxy groups -OCH3 is 1. The van der Waals surface area contributed by atoms with Crippen molar-refractivity contribution in [3.63, 3.8) is 0 Å². The Morgan fingerprint density at radius 3 is 2.94 bits per heavy atom. The second kappa shape index (κ2) is 7.88. The van der Waals surface area contributed by atoms with Crippen LogP contribution in [0.15, 0.2) is 42.9 Å². The number of anilines is 1. The van der Waals surface area contributed by atoms with Crippen molar-refractivity contribution in [3.05, 3.63) is 59.8 Å². The van der Waals surface area contributed by atoms with Crippen LogP contribution in [-0.4, -0.2) is 48.5 Å². The summed E-state index contributed by atoms with van der Waals surface area (Å²) >= 11 is 0. The zero-order valence-corrected chi connectivity index (χ0v) is 16.8. The van der Waals surface area contributed by atoms with Crippen molar-refractivity contribution in [1.29, 1.82) is 0 Å². The molecular formula is C21H20FN7O2. The first kappa shape index (κ1) is 19.3. The number of hydrogen-bond donors (Lipinski definition) is 1. The molecule has 1 saturated heterocycles. The highest BCUT2D eigenvalue weighted by Gasteiger charge is 2.31. The topological polar surface area (TPSA) is 102 Å². The molecule has 0 aromatic carbocycles. The number of ether oxygens (including phenoxy) is 1. The van der Waals surface area contributed by atoms with Gasteiger partial charge in [0.15, 0.2) is 5.65 Å². The molecule has 0 aliphatic carbocycles. The van der Waals surface area contributed by atoms with E-state index in [1.165, 1.54) is 19.4 Å². The third-order valence-corrected chi connectivity index (χ3v) is 5.45. The number of fused-ring (bicyclic) bond motifs is 1. The lowest BCUT2D eigenvalue weighted by Crippen LogP contribution is -2.25. The minimum Gasteiger partial charge on any atom is -0.481 e. The predicted octanol–water partition coefficient (Wildman–Crippen LogP) is 2.56. The molecule has 0 unspecified atom stereocenters. The van der Waals surface area contributed by atoms with Gasteiger partial charge in [-0.05, 0) is 42.7 Å². The fourth-order valence-corrected chi connectivity index (χ4v) is 4.03. The third kappa shape index (κ3) is 3.44. The molecule has 5 heterocycles. The number of halogens is 1. The van der Waals surface area contributed by atoms with Crippen LogP contribution >= 0.6 is 0 Å². The Labute approximate surface area is 177 Å². The van der Waals surface area contributed by atoms with E-state index in [0.29, 0.717) is 34.0 Å². The molecule has 1 atom stereocenters. The van der Waals surface area contributed by atoms with Crippen LogP contribution in [-0.2, 0) is 6.61 Å². The Balaban J connectivity index is 1.56. The summed E-state index contributed by atoms with van der Waals surface area (Å²) < 4.78 is 21.0. The molecule has 158 valence electrons. The summed E-state index contributed by atoms with van der Waals surface area (Å²) in [6.45, 7) is 0.642. The van der Waals surface area contributed by atoms with E-state index in [9.17, 15) is 9.50 Å². The van der Waals surface area contributed by atoms with Gasteiger partial charge < -0.3 is 14.7 Å². The van der Waals surface area contributed by atoms with Gasteiger partial charge in [0.05, 0.1) is 38.3 Å². The summed E-state index contributed by atoms with van der Waals surface area (Å²) in [6.07, 6.45) is 6.12. The smallest absolute Gasteiger partial charge is 0.218 e. The maximum atomic E-state index is 13.9. The molecule has 1 aliphatic heterocycles. The summed E-state index contributed by atoms with van der Waals surface area (Å²) in [6, 6.07) is 6.91. The van der Waals surface area contributed by atoms with Crippen molar-refractivity contribution < 1.29 is 14.2 Å². The van der Waals surface area contributed by atoms with Gasteiger partial charge in [-0.3, -0.25) is 0 Å². The van der Waals surface area contributed by atoms with Crippen LogP contribution in [0.5, 0.6) is 5.88 Å². The lowest BCUT2D eigenvalue weighted by Gasteiger charge is -2.26. The second-order valence-corrected chi connectivity index (χ2v) is 7.32. The van der Waals surface area contributed by atoms with E-state index in [2.05, 4.69) is 25.1 Å². The summed E-state index contributed by atoms with van der Waals surface area (Å²) in [4.78, 5) is 10.6. The number of aliphatic hydroxyl groups is 1. The minimum absolute atomic E-state index is 0.104. The van der Waals surface area contributed by atoms with Crippen molar-refractivity contribution in [1.82, 2.24) is 29.8 Å². The van der Waals surface area contributed by atoms with E-state index in [4.69, 9.17) is 9.84 Å². The third-order valence-electron chi connectivity index (χ3n) is 5.45. The highest BCUT2D eigenvalue weighted by molar-refractivity contribution is 5.61. The van der Waals surface area contributed by atoms with Gasteiger partial charge in [0.2, 0.25) is 5.88 Å². The molecule has 0 saturated carbocycles. The molecule has 31 heavy (non-hydrogen) atoms. The second-order valence-electron chi connectivity index (χ2n) is 7.32. The van der Waals surface area contributed by atoms with E-state index in [1.807, 2.05) is 12.1 Å². The van der Waals surface area contributed by atoms with E-state index in [-0.39, 0.29) is 12.6 Å². The van der Waals surface area contributed by atoms with Crippen molar-refractivity contribution in [3.8, 4) is 17.3 Å². The first-order valence-electron chi connectivity index (χ1n) is 9.91. The molecule has 10 heteroatoms. The number of nitrogens with zero attached hydrogens (tertiary/aromatic N) is 7. The number of aromatic nitrogens is 6. The average Bonchev–Trinajstić information content (AvgIpc) is 3.46. The molecule has 0 radical (unpaired) electrons. The molecule has 0 bridgehead atoms. The van der Waals surface area contributed by atoms with Gasteiger partial charge in [-0.15, -0.1) is 10.2 Å². The number of imidazole rings is 1. The average molecular weight is 421 g/mol. The van der Waals surface area contributed by atoms with Crippen molar-refractivity contribution in [2.24, 2.45) is 0 Å². The normalized spacial score (nSPS) is 16.2. The quantitative estimate of drug-likeness (QED) is 0.525. The monoisotopic (exact) mass is 421 g/mol. The fraction of sp³-hybridized carbons (Fsp3) is 0.286. The Kier molecular flexibility index (Phi) is 4.91. The van der Waals surface area contributed by atoms with Gasteiger partial charge in [-0.1, -0.05) is 0 Å². The summed E-state index contributed by atoms with van der Waals surface area (Å²) in [5, 5.41) is 22.3. The van der Waals surface area contributed by atoms with Crippen LogP contribution in [0.3, 0.4) is 0 Å². The molecule has 1 fully saturated rings. The highest BCUT2D eigenvalue weighted by Crippen LogP contribution is 2.38. The van der Waals surface area contributed by atoms with Crippen LogP contribution < -0.4 is 9.64 Å². The number of hydrogen-bond acceptors (Lipinski definition) is 8. The standard InChI is InChI=1S/C21H20FN7O2/c1-31-21-15(8-14(22)10-24-21)17-3-2-6-28(17)20-5-4-19-23-11-18(29(19)27-20)16-7-13(12-30)9-25-26-16/h4-5,7-11,17,30H,2-3,6,12H2,1H3/t17-/m1/s1. The van der Waals surface area contributed by atoms with E-state index >= 15 is 0 Å². The lowest BCUT2D eigenvalue weighted by atomic mass is 10.1. The van der Waals surface area contributed by atoms with Crippen LogP contribution in [0.4, 0.5) is 10.2 Å². The molecule has 4 aromatic heterocycles. The molecule has 1 N–H and O–H groups in total. The first-order valence-corrected chi connectivity index (χ1v) is 9.91. The van der Waals surface area contributed by atoms with Gasteiger partial charge in [-0.25, -0.2) is 18.9 Å². The number of rotatable bonds is 5. The summed E-state index contributed by atoms with van der Waals surface area (Å²) in [5.41, 5.74) is 3.25. The number of pyridine rings is 1. The molecule has 0 spiro atoms. The molecule has 1 aliphatic rings. The van der Waals surface area contributed by atoms with E-state index in [0.717, 1.165) is 31.4 Å². The molecule has 5 rings (SSSR count). The number of aliphatic hydroxyl groups excluding tert-OH is 1. The Morgan fingerprint density at radius 1 is 1.19 bits per heavy atom. The Morgan fingerprint density at radius 2 is 2.10 bits per heavy atom. The van der Waals surface area contributed by atoms with E-state index in [1.54, 1.807) is 16.8 Å². The van der Waals surface area contributed by atoms with Gasteiger partial charge in [-0.2, -0.15) is 5.10 Å². The predicted molar refractivity (Wildman–Crippen MR) is 110 cm³/mol. The molecule has 4 aromatic rings. The van der Waals surface area contributed by atoms with Gasteiger partial charge in [0.1, 0.15) is 23.0 Å². The van der Waals surface area contributed by atoms with Crippen LogP contribution in [0.1, 0.15) is 30.0 Å². The van der Waals surface area contributed by atoms with E-state index < -0.39 is 5.82 Å². The summed E-state index contributed by atoms with van der Waals surface area (Å²) in [5.74, 6) is 0.746. The molecular weight excluding hydrogens is 401 g/mol. The Bertz CT molecular complexity index is 1250. The Hall–Kier alpha value is -3.66. The minimum atomic E-state index is -0.398. The lowest BCUT2D eigenvalue weighted by molar-refractivity contribution is 0.281.